The maximum Gasteiger partial charge on any atom is 0.243 e. The molecule has 1 aliphatic heterocycles. The van der Waals surface area contributed by atoms with E-state index < -0.39 is 10.0 Å². The smallest absolute Gasteiger partial charge is 0.243 e. The molecular formula is C14H23ClN2O3S. The van der Waals surface area contributed by atoms with Gasteiger partial charge in [0.25, 0.3) is 0 Å². The third-order valence-corrected chi connectivity index (χ3v) is 5.54. The average Bonchev–Trinajstić information content (AvgIpc) is 2.48. The van der Waals surface area contributed by atoms with Crippen molar-refractivity contribution in [3.63, 3.8) is 0 Å². The van der Waals surface area contributed by atoms with Gasteiger partial charge in [-0.05, 0) is 37.6 Å². The molecule has 0 amide bonds. The third kappa shape index (κ3) is 4.40. The van der Waals surface area contributed by atoms with Gasteiger partial charge < -0.3 is 10.1 Å². The van der Waals surface area contributed by atoms with E-state index in [1.165, 1.54) is 0 Å². The standard InChI is InChI=1S/C14H22N2O3S.ClH/c1-15-13-4-3-9-16(10-13)20(17,18)14-7-5-12(6-8-14)11-19-2;/h5-8,13,15H,3-4,9-11H2,1-2H3;1H. The zero-order chi connectivity index (χ0) is 14.6. The average molecular weight is 335 g/mol. The first-order valence-electron chi connectivity index (χ1n) is 6.83. The number of hydrogen-bond donors (Lipinski definition) is 1. The maximum absolute atomic E-state index is 12.6. The van der Waals surface area contributed by atoms with Crippen LogP contribution in [0.3, 0.4) is 0 Å². The first-order valence-corrected chi connectivity index (χ1v) is 8.27. The summed E-state index contributed by atoms with van der Waals surface area (Å²) in [6.45, 7) is 1.63. The van der Waals surface area contributed by atoms with E-state index >= 15 is 0 Å². The van der Waals surface area contributed by atoms with Gasteiger partial charge in [-0.2, -0.15) is 4.31 Å². The van der Waals surface area contributed by atoms with Crippen molar-refractivity contribution in [2.24, 2.45) is 0 Å². The predicted octanol–water partition coefficient (Wildman–Crippen LogP) is 1.63. The van der Waals surface area contributed by atoms with Gasteiger partial charge in [0.15, 0.2) is 0 Å². The topological polar surface area (TPSA) is 58.6 Å². The SMILES string of the molecule is CNC1CCCN(S(=O)(=O)c2ccc(COC)cc2)C1.Cl. The van der Waals surface area contributed by atoms with Crippen molar-refractivity contribution in [3.05, 3.63) is 29.8 Å². The Kier molecular flexibility index (Phi) is 7.09. The van der Waals surface area contributed by atoms with Crippen LogP contribution >= 0.6 is 12.4 Å². The highest BCUT2D eigenvalue weighted by Gasteiger charge is 2.29. The van der Waals surface area contributed by atoms with Crippen LogP contribution in [0, 0.1) is 0 Å². The number of likely N-dealkylation sites (N-methyl/N-ethyl adjacent to an activating group) is 1. The molecule has 1 aliphatic rings. The van der Waals surface area contributed by atoms with Crippen LogP contribution < -0.4 is 5.32 Å². The normalized spacial score (nSPS) is 20.0. The van der Waals surface area contributed by atoms with Crippen LogP contribution in [0.25, 0.3) is 0 Å². The van der Waals surface area contributed by atoms with Gasteiger partial charge in [-0.1, -0.05) is 12.1 Å². The first kappa shape index (κ1) is 18.4. The van der Waals surface area contributed by atoms with Gasteiger partial charge >= 0.3 is 0 Å². The van der Waals surface area contributed by atoms with Crippen molar-refractivity contribution in [3.8, 4) is 0 Å². The number of sulfonamides is 1. The second-order valence-corrected chi connectivity index (χ2v) is 7.01. The van der Waals surface area contributed by atoms with Gasteiger partial charge in [0.1, 0.15) is 0 Å². The Balaban J connectivity index is 0.00000220. The molecule has 0 aliphatic carbocycles. The fourth-order valence-corrected chi connectivity index (χ4v) is 3.99. The number of halogens is 1. The summed E-state index contributed by atoms with van der Waals surface area (Å²) in [5.74, 6) is 0. The highest BCUT2D eigenvalue weighted by atomic mass is 35.5. The molecule has 1 unspecified atom stereocenters. The largest absolute Gasteiger partial charge is 0.380 e. The number of hydrogen-bond acceptors (Lipinski definition) is 4. The molecule has 0 saturated carbocycles. The maximum atomic E-state index is 12.6. The van der Waals surface area contributed by atoms with Crippen LogP contribution in [0.2, 0.25) is 0 Å². The fraction of sp³-hybridized carbons (Fsp3) is 0.571. The zero-order valence-corrected chi connectivity index (χ0v) is 14.0. The van der Waals surface area contributed by atoms with E-state index in [0.717, 1.165) is 18.4 Å². The van der Waals surface area contributed by atoms with Crippen molar-refractivity contribution in [1.82, 2.24) is 9.62 Å². The van der Waals surface area contributed by atoms with E-state index in [4.69, 9.17) is 4.74 Å². The van der Waals surface area contributed by atoms with Gasteiger partial charge in [-0.15, -0.1) is 12.4 Å². The summed E-state index contributed by atoms with van der Waals surface area (Å²) in [6.07, 6.45) is 1.92. The summed E-state index contributed by atoms with van der Waals surface area (Å²) in [5.41, 5.74) is 0.971. The lowest BCUT2D eigenvalue weighted by atomic mass is 10.1. The molecule has 0 radical (unpaired) electrons. The summed E-state index contributed by atoms with van der Waals surface area (Å²) in [6, 6.07) is 7.16. The summed E-state index contributed by atoms with van der Waals surface area (Å²) < 4.78 is 31.8. The molecule has 1 saturated heterocycles. The van der Waals surface area contributed by atoms with Gasteiger partial charge in [0.05, 0.1) is 11.5 Å². The second-order valence-electron chi connectivity index (χ2n) is 5.07. The van der Waals surface area contributed by atoms with Crippen LogP contribution in [0.15, 0.2) is 29.2 Å². The number of nitrogens with one attached hydrogen (secondary N) is 1. The van der Waals surface area contributed by atoms with Crippen LogP contribution in [-0.4, -0.2) is 46.0 Å². The van der Waals surface area contributed by atoms with Crippen LogP contribution in [0.4, 0.5) is 0 Å². The highest BCUT2D eigenvalue weighted by molar-refractivity contribution is 7.89. The molecule has 21 heavy (non-hydrogen) atoms. The first-order chi connectivity index (χ1) is 9.57. The van der Waals surface area contributed by atoms with Crippen molar-refractivity contribution in [2.45, 2.75) is 30.4 Å². The van der Waals surface area contributed by atoms with Crippen LogP contribution in [0.5, 0.6) is 0 Å². The number of nitrogens with zero attached hydrogens (tertiary/aromatic N) is 1. The Morgan fingerprint density at radius 1 is 1.33 bits per heavy atom. The molecule has 7 heteroatoms. The van der Waals surface area contributed by atoms with Gasteiger partial charge in [0, 0.05) is 26.2 Å². The summed E-state index contributed by atoms with van der Waals surface area (Å²) >= 11 is 0. The zero-order valence-electron chi connectivity index (χ0n) is 12.4. The molecular weight excluding hydrogens is 312 g/mol. The Hall–Kier alpha value is -0.660. The molecule has 0 aromatic heterocycles. The van der Waals surface area contributed by atoms with Gasteiger partial charge in [0.2, 0.25) is 10.0 Å². The molecule has 0 spiro atoms. The molecule has 1 atom stereocenters. The van der Waals surface area contributed by atoms with E-state index in [1.807, 2.05) is 7.05 Å². The van der Waals surface area contributed by atoms with E-state index in [2.05, 4.69) is 5.32 Å². The Labute approximate surface area is 133 Å². The number of piperidine rings is 1. The molecule has 120 valence electrons. The van der Waals surface area contributed by atoms with E-state index in [0.29, 0.717) is 24.6 Å². The van der Waals surface area contributed by atoms with Gasteiger partial charge in [-0.3, -0.25) is 0 Å². The molecule has 5 nitrogen and oxygen atoms in total. The minimum atomic E-state index is -3.38. The molecule has 1 N–H and O–H groups in total. The van der Waals surface area contributed by atoms with Gasteiger partial charge in [-0.25, -0.2) is 8.42 Å². The molecule has 1 fully saturated rings. The van der Waals surface area contributed by atoms with Crippen LogP contribution in [-0.2, 0) is 21.4 Å². The van der Waals surface area contributed by atoms with E-state index in [-0.39, 0.29) is 18.4 Å². The third-order valence-electron chi connectivity index (χ3n) is 3.66. The second kappa shape index (κ2) is 8.10. The number of methoxy groups -OCH3 is 1. The summed E-state index contributed by atoms with van der Waals surface area (Å²) in [7, 11) is 0.112. The number of rotatable bonds is 5. The van der Waals surface area contributed by atoms with Crippen LogP contribution in [0.1, 0.15) is 18.4 Å². The molecule has 1 aromatic carbocycles. The number of ether oxygens (including phenoxy) is 1. The highest BCUT2D eigenvalue weighted by Crippen LogP contribution is 2.21. The quantitative estimate of drug-likeness (QED) is 0.889. The fourth-order valence-electron chi connectivity index (χ4n) is 2.47. The predicted molar refractivity (Wildman–Crippen MR) is 85.2 cm³/mol. The minimum Gasteiger partial charge on any atom is -0.380 e. The summed E-state index contributed by atoms with van der Waals surface area (Å²) in [5, 5.41) is 3.16. The summed E-state index contributed by atoms with van der Waals surface area (Å²) in [4.78, 5) is 0.356. The minimum absolute atomic E-state index is 0. The van der Waals surface area contributed by atoms with Crippen molar-refractivity contribution >= 4 is 22.4 Å². The number of benzene rings is 1. The Morgan fingerprint density at radius 3 is 2.57 bits per heavy atom. The lowest BCUT2D eigenvalue weighted by molar-refractivity contribution is 0.185. The molecule has 1 aromatic rings. The van der Waals surface area contributed by atoms with Crippen molar-refractivity contribution < 1.29 is 13.2 Å². The van der Waals surface area contributed by atoms with Crippen molar-refractivity contribution in [1.29, 1.82) is 0 Å². The molecule has 2 rings (SSSR count). The Morgan fingerprint density at radius 2 is 2.00 bits per heavy atom. The lowest BCUT2D eigenvalue weighted by Crippen LogP contribution is -2.46. The monoisotopic (exact) mass is 334 g/mol. The molecule has 1 heterocycles. The molecule has 0 bridgehead atoms. The lowest BCUT2D eigenvalue weighted by Gasteiger charge is -2.31. The van der Waals surface area contributed by atoms with Crippen molar-refractivity contribution in [2.75, 3.05) is 27.2 Å². The Bertz CT molecular complexity index is 534. The van der Waals surface area contributed by atoms with E-state index in [1.54, 1.807) is 35.7 Å². The van der Waals surface area contributed by atoms with E-state index in [9.17, 15) is 8.42 Å².